The van der Waals surface area contributed by atoms with E-state index in [4.69, 9.17) is 21.8 Å². The van der Waals surface area contributed by atoms with Gasteiger partial charge < -0.3 is 10.2 Å². The molecule has 0 fully saturated rings. The smallest absolute Gasteiger partial charge is 0.178 e. The maximum absolute atomic E-state index is 8.99. The first-order valence-corrected chi connectivity index (χ1v) is 4.03. The fourth-order valence-corrected chi connectivity index (χ4v) is 1.66. The van der Waals surface area contributed by atoms with Crippen LogP contribution in [0.15, 0.2) is 12.1 Å². The van der Waals surface area contributed by atoms with E-state index in [1.165, 1.54) is 0 Å². The van der Waals surface area contributed by atoms with Crippen LogP contribution in [-0.4, -0.2) is 10.2 Å². The number of benzene rings is 1. The van der Waals surface area contributed by atoms with E-state index in [2.05, 4.69) is 0 Å². The van der Waals surface area contributed by atoms with Crippen molar-refractivity contribution in [2.75, 3.05) is 0 Å². The molecule has 0 unspecified atom stereocenters. The lowest BCUT2D eigenvalue weighted by molar-refractivity contribution is -0.0433. The van der Waals surface area contributed by atoms with E-state index in [9.17, 15) is 0 Å². The quantitative estimate of drug-likeness (QED) is 0.659. The highest BCUT2D eigenvalue weighted by molar-refractivity contribution is 6.30. The molecule has 2 nitrogen and oxygen atoms in total. The maximum atomic E-state index is 8.99. The highest BCUT2D eigenvalue weighted by Crippen LogP contribution is 2.24. The number of rotatable bonds is 1. The van der Waals surface area contributed by atoms with Crippen molar-refractivity contribution in [3.05, 3.63) is 33.8 Å². The molecular weight excluding hydrogens is 176 g/mol. The summed E-state index contributed by atoms with van der Waals surface area (Å²) in [6.07, 6.45) is -1.41. The van der Waals surface area contributed by atoms with E-state index in [1.807, 2.05) is 0 Å². The van der Waals surface area contributed by atoms with Gasteiger partial charge in [0.25, 0.3) is 0 Å². The van der Waals surface area contributed by atoms with Gasteiger partial charge in [-0.15, -0.1) is 0 Å². The van der Waals surface area contributed by atoms with Gasteiger partial charge in [-0.25, -0.2) is 0 Å². The van der Waals surface area contributed by atoms with Crippen LogP contribution in [0.2, 0.25) is 5.02 Å². The van der Waals surface area contributed by atoms with Crippen LogP contribution in [0.25, 0.3) is 0 Å². The van der Waals surface area contributed by atoms with Gasteiger partial charge in [-0.05, 0) is 37.1 Å². The summed E-state index contributed by atoms with van der Waals surface area (Å²) in [4.78, 5) is 0. The van der Waals surface area contributed by atoms with Crippen molar-refractivity contribution in [3.63, 3.8) is 0 Å². The van der Waals surface area contributed by atoms with Gasteiger partial charge in [0.05, 0.1) is 0 Å². The Kier molecular flexibility index (Phi) is 2.73. The molecule has 3 heteroatoms. The molecule has 0 saturated carbocycles. The van der Waals surface area contributed by atoms with Crippen molar-refractivity contribution in [1.82, 2.24) is 0 Å². The van der Waals surface area contributed by atoms with Gasteiger partial charge in [0.1, 0.15) is 0 Å². The van der Waals surface area contributed by atoms with Crippen LogP contribution in [0.3, 0.4) is 0 Å². The van der Waals surface area contributed by atoms with Crippen molar-refractivity contribution in [2.45, 2.75) is 20.1 Å². The number of hydrogen-bond donors (Lipinski definition) is 2. The van der Waals surface area contributed by atoms with E-state index in [-0.39, 0.29) is 0 Å². The topological polar surface area (TPSA) is 40.5 Å². The third kappa shape index (κ3) is 1.78. The van der Waals surface area contributed by atoms with Gasteiger partial charge in [-0.2, -0.15) is 0 Å². The number of aliphatic hydroxyl groups excluding tert-OH is 1. The lowest BCUT2D eigenvalue weighted by atomic mass is 10.0. The predicted molar refractivity (Wildman–Crippen MR) is 48.1 cm³/mol. The van der Waals surface area contributed by atoms with Crippen molar-refractivity contribution in [2.24, 2.45) is 0 Å². The van der Waals surface area contributed by atoms with Crippen molar-refractivity contribution >= 4 is 11.6 Å². The summed E-state index contributed by atoms with van der Waals surface area (Å²) in [6, 6.07) is 3.42. The third-order valence-corrected chi connectivity index (χ3v) is 2.03. The summed E-state index contributed by atoms with van der Waals surface area (Å²) < 4.78 is 0. The molecule has 0 amide bonds. The van der Waals surface area contributed by atoms with Crippen LogP contribution in [0.5, 0.6) is 0 Å². The molecule has 1 rings (SSSR count). The number of halogens is 1. The zero-order chi connectivity index (χ0) is 9.30. The fraction of sp³-hybridized carbons (Fsp3) is 0.333. The Bertz CT molecular complexity index is 272. The molecule has 0 spiro atoms. The van der Waals surface area contributed by atoms with Gasteiger partial charge in [0.2, 0.25) is 0 Å². The van der Waals surface area contributed by atoms with Crippen LogP contribution in [0.1, 0.15) is 23.0 Å². The molecule has 66 valence electrons. The second-order valence-electron chi connectivity index (χ2n) is 2.83. The van der Waals surface area contributed by atoms with E-state index in [0.29, 0.717) is 10.6 Å². The maximum Gasteiger partial charge on any atom is 0.178 e. The minimum Gasteiger partial charge on any atom is -0.364 e. The lowest BCUT2D eigenvalue weighted by Gasteiger charge is -2.11. The molecule has 0 aliphatic carbocycles. The van der Waals surface area contributed by atoms with Crippen molar-refractivity contribution < 1.29 is 10.2 Å². The number of hydrogen-bond acceptors (Lipinski definition) is 2. The van der Waals surface area contributed by atoms with E-state index >= 15 is 0 Å². The molecule has 0 saturated heterocycles. The zero-order valence-corrected chi connectivity index (χ0v) is 7.76. The summed E-state index contributed by atoms with van der Waals surface area (Å²) in [5.41, 5.74) is 2.14. The SMILES string of the molecule is Cc1cc(Cl)cc(C)c1C(O)O. The molecule has 1 aromatic rings. The largest absolute Gasteiger partial charge is 0.364 e. The average Bonchev–Trinajstić information content (AvgIpc) is 1.82. The molecule has 0 aliphatic heterocycles. The van der Waals surface area contributed by atoms with Crippen molar-refractivity contribution in [1.29, 1.82) is 0 Å². The molecule has 0 radical (unpaired) electrons. The summed E-state index contributed by atoms with van der Waals surface area (Å²) in [5, 5.41) is 18.6. The van der Waals surface area contributed by atoms with E-state index in [0.717, 1.165) is 11.1 Å². The van der Waals surface area contributed by atoms with Crippen LogP contribution in [0.4, 0.5) is 0 Å². The molecule has 0 atom stereocenters. The van der Waals surface area contributed by atoms with Gasteiger partial charge in [0, 0.05) is 10.6 Å². The molecule has 1 aromatic carbocycles. The van der Waals surface area contributed by atoms with Crippen LogP contribution in [0, 0.1) is 13.8 Å². The first-order valence-electron chi connectivity index (χ1n) is 3.65. The minimum absolute atomic E-state index is 0.541. The monoisotopic (exact) mass is 186 g/mol. The molecule has 0 heterocycles. The number of aliphatic hydroxyl groups is 2. The average molecular weight is 187 g/mol. The van der Waals surface area contributed by atoms with Crippen LogP contribution >= 0.6 is 11.6 Å². The van der Waals surface area contributed by atoms with Gasteiger partial charge >= 0.3 is 0 Å². The Morgan fingerprint density at radius 1 is 1.17 bits per heavy atom. The Morgan fingerprint density at radius 2 is 1.58 bits per heavy atom. The standard InChI is InChI=1S/C9H11ClO2/c1-5-3-7(10)4-6(2)8(5)9(11)12/h3-4,9,11-12H,1-2H3. The first-order chi connectivity index (χ1) is 5.52. The summed E-state index contributed by atoms with van der Waals surface area (Å²) in [5.74, 6) is 0. The molecular formula is C9H11ClO2. The van der Waals surface area contributed by atoms with Crippen molar-refractivity contribution in [3.8, 4) is 0 Å². The Labute approximate surface area is 76.4 Å². The Morgan fingerprint density at radius 3 is 1.92 bits per heavy atom. The first kappa shape index (κ1) is 9.52. The zero-order valence-electron chi connectivity index (χ0n) is 7.00. The highest BCUT2D eigenvalue weighted by atomic mass is 35.5. The second-order valence-corrected chi connectivity index (χ2v) is 3.26. The van der Waals surface area contributed by atoms with Gasteiger partial charge in [-0.3, -0.25) is 0 Å². The van der Waals surface area contributed by atoms with Gasteiger partial charge in [0.15, 0.2) is 6.29 Å². The highest BCUT2D eigenvalue weighted by Gasteiger charge is 2.10. The lowest BCUT2D eigenvalue weighted by Crippen LogP contribution is -2.01. The fourth-order valence-electron chi connectivity index (χ4n) is 1.33. The molecule has 0 aromatic heterocycles. The predicted octanol–water partition coefficient (Wildman–Crippen LogP) is 1.94. The Hall–Kier alpha value is -0.570. The molecule has 0 aliphatic rings. The van der Waals surface area contributed by atoms with Gasteiger partial charge in [-0.1, -0.05) is 11.6 Å². The number of aryl methyl sites for hydroxylation is 2. The summed E-state index contributed by atoms with van der Waals surface area (Å²) in [6.45, 7) is 3.60. The molecule has 12 heavy (non-hydrogen) atoms. The van der Waals surface area contributed by atoms with E-state index < -0.39 is 6.29 Å². The van der Waals surface area contributed by atoms with E-state index in [1.54, 1.807) is 26.0 Å². The Balaban J connectivity index is 3.28. The molecule has 0 bridgehead atoms. The normalized spacial score (nSPS) is 10.8. The van der Waals surface area contributed by atoms with Crippen LogP contribution in [-0.2, 0) is 0 Å². The van der Waals surface area contributed by atoms with Crippen LogP contribution < -0.4 is 0 Å². The summed E-state index contributed by atoms with van der Waals surface area (Å²) >= 11 is 5.76. The second kappa shape index (κ2) is 3.44. The summed E-state index contributed by atoms with van der Waals surface area (Å²) in [7, 11) is 0. The third-order valence-electron chi connectivity index (χ3n) is 1.82. The minimum atomic E-state index is -1.41. The molecule has 2 N–H and O–H groups in total.